The Morgan fingerprint density at radius 3 is 2.50 bits per heavy atom. The van der Waals surface area contributed by atoms with Crippen LogP contribution in [0.15, 0.2) is 0 Å². The van der Waals surface area contributed by atoms with E-state index in [1.54, 1.807) is 0 Å². The Morgan fingerprint density at radius 1 is 1.50 bits per heavy atom. The van der Waals surface area contributed by atoms with Gasteiger partial charge in [-0.25, -0.2) is 8.42 Å². The van der Waals surface area contributed by atoms with E-state index >= 15 is 0 Å². The second-order valence-electron chi connectivity index (χ2n) is 3.77. The van der Waals surface area contributed by atoms with Crippen molar-refractivity contribution in [2.24, 2.45) is 0 Å². The molecule has 6 heteroatoms. The lowest BCUT2D eigenvalue weighted by Gasteiger charge is -2.31. The van der Waals surface area contributed by atoms with E-state index in [0.717, 1.165) is 6.26 Å². The van der Waals surface area contributed by atoms with Crippen LogP contribution in [0.5, 0.6) is 0 Å². The van der Waals surface area contributed by atoms with Crippen LogP contribution in [0, 0.1) is 0 Å². The molecule has 0 unspecified atom stereocenters. The number of hydrogen-bond acceptors (Lipinski definition) is 4. The summed E-state index contributed by atoms with van der Waals surface area (Å²) >= 11 is 0. The summed E-state index contributed by atoms with van der Waals surface area (Å²) < 4.78 is 21.5. The van der Waals surface area contributed by atoms with E-state index < -0.39 is 9.84 Å². The highest BCUT2D eigenvalue weighted by atomic mass is 32.2. The second-order valence-corrected chi connectivity index (χ2v) is 6.03. The molecule has 0 bridgehead atoms. The summed E-state index contributed by atoms with van der Waals surface area (Å²) in [7, 11) is -3.06. The van der Waals surface area contributed by atoms with Gasteiger partial charge in [0, 0.05) is 18.7 Å². The average molecular weight is 221 g/mol. The van der Waals surface area contributed by atoms with Crippen LogP contribution < -0.4 is 5.32 Å². The number of aliphatic hydroxyl groups is 1. The number of aliphatic hydroxyl groups excluding tert-OH is 1. The van der Waals surface area contributed by atoms with Crippen molar-refractivity contribution < 1.29 is 18.3 Å². The molecule has 1 fully saturated rings. The van der Waals surface area contributed by atoms with Crippen molar-refractivity contribution in [3.63, 3.8) is 0 Å². The van der Waals surface area contributed by atoms with Crippen molar-refractivity contribution in [1.82, 2.24) is 5.32 Å². The average Bonchev–Trinajstić information content (AvgIpc) is 1.97. The molecule has 14 heavy (non-hydrogen) atoms. The first-order valence-electron chi connectivity index (χ1n) is 4.52. The largest absolute Gasteiger partial charge is 0.393 e. The van der Waals surface area contributed by atoms with E-state index in [1.807, 2.05) is 0 Å². The highest BCUT2D eigenvalue weighted by molar-refractivity contribution is 7.90. The maximum absolute atomic E-state index is 11.1. The zero-order valence-electron chi connectivity index (χ0n) is 8.06. The molecule has 1 aliphatic rings. The maximum atomic E-state index is 11.1. The van der Waals surface area contributed by atoms with Crippen LogP contribution in [0.4, 0.5) is 0 Å². The lowest BCUT2D eigenvalue weighted by molar-refractivity contribution is -0.122. The van der Waals surface area contributed by atoms with Crippen LogP contribution in [-0.2, 0) is 14.6 Å². The Hall–Kier alpha value is -0.620. The summed E-state index contributed by atoms with van der Waals surface area (Å²) in [5.41, 5.74) is 0. The Bertz CT molecular complexity index is 305. The van der Waals surface area contributed by atoms with Gasteiger partial charge in [0.05, 0.1) is 11.9 Å². The van der Waals surface area contributed by atoms with E-state index in [-0.39, 0.29) is 30.2 Å². The smallest absolute Gasteiger partial charge is 0.221 e. The molecule has 0 aliphatic heterocycles. The maximum Gasteiger partial charge on any atom is 0.221 e. The predicted molar refractivity (Wildman–Crippen MR) is 51.5 cm³/mol. The number of amides is 1. The molecule has 0 radical (unpaired) electrons. The van der Waals surface area contributed by atoms with Gasteiger partial charge < -0.3 is 10.4 Å². The van der Waals surface area contributed by atoms with Gasteiger partial charge in [-0.1, -0.05) is 0 Å². The van der Waals surface area contributed by atoms with Crippen molar-refractivity contribution in [1.29, 1.82) is 0 Å². The Labute approximate surface area is 83.4 Å². The summed E-state index contributed by atoms with van der Waals surface area (Å²) in [6.45, 7) is 0. The van der Waals surface area contributed by atoms with Gasteiger partial charge in [-0.2, -0.15) is 0 Å². The van der Waals surface area contributed by atoms with Crippen LogP contribution in [-0.4, -0.2) is 43.6 Å². The number of rotatable bonds is 4. The summed E-state index contributed by atoms with van der Waals surface area (Å²) in [4.78, 5) is 11.1. The first-order valence-corrected chi connectivity index (χ1v) is 6.58. The Balaban J connectivity index is 2.17. The summed E-state index contributed by atoms with van der Waals surface area (Å²) in [5, 5.41) is 11.6. The molecule has 1 rings (SSSR count). The molecule has 0 atom stereocenters. The molecular formula is C8H15NO4S. The monoisotopic (exact) mass is 221 g/mol. The van der Waals surface area contributed by atoms with Gasteiger partial charge in [0.1, 0.15) is 9.84 Å². The van der Waals surface area contributed by atoms with Gasteiger partial charge >= 0.3 is 0 Å². The third kappa shape index (κ3) is 4.06. The molecule has 1 saturated carbocycles. The molecule has 0 aromatic heterocycles. The van der Waals surface area contributed by atoms with Gasteiger partial charge in [-0.05, 0) is 12.8 Å². The summed E-state index contributed by atoms with van der Waals surface area (Å²) in [5.74, 6) is -0.374. The lowest BCUT2D eigenvalue weighted by atomic mass is 9.89. The molecule has 0 aromatic rings. The van der Waals surface area contributed by atoms with Gasteiger partial charge in [-0.15, -0.1) is 0 Å². The minimum atomic E-state index is -3.06. The highest BCUT2D eigenvalue weighted by Crippen LogP contribution is 2.19. The normalized spacial score (nSPS) is 26.7. The van der Waals surface area contributed by atoms with E-state index in [9.17, 15) is 13.2 Å². The molecule has 1 aliphatic carbocycles. The Morgan fingerprint density at radius 2 is 2.07 bits per heavy atom. The van der Waals surface area contributed by atoms with Gasteiger partial charge in [-0.3, -0.25) is 4.79 Å². The topological polar surface area (TPSA) is 83.5 Å². The van der Waals surface area contributed by atoms with E-state index in [1.165, 1.54) is 0 Å². The van der Waals surface area contributed by atoms with Crippen LogP contribution in [0.25, 0.3) is 0 Å². The van der Waals surface area contributed by atoms with Crippen LogP contribution in [0.1, 0.15) is 19.3 Å². The van der Waals surface area contributed by atoms with Crippen LogP contribution >= 0.6 is 0 Å². The first kappa shape index (κ1) is 11.5. The van der Waals surface area contributed by atoms with Gasteiger partial charge in [0.25, 0.3) is 0 Å². The third-order valence-electron chi connectivity index (χ3n) is 2.18. The number of carbonyl (C=O) groups is 1. The minimum absolute atomic E-state index is 0.00539. The number of hydrogen-bond donors (Lipinski definition) is 2. The van der Waals surface area contributed by atoms with Crippen LogP contribution in [0.2, 0.25) is 0 Å². The summed E-state index contributed by atoms with van der Waals surface area (Å²) in [6, 6.07) is 0.0251. The molecule has 5 nitrogen and oxygen atoms in total. The zero-order chi connectivity index (χ0) is 10.8. The number of nitrogens with one attached hydrogen (secondary N) is 1. The standard InChI is InChI=1S/C8H15NO4S/c1-14(12,13)3-2-8(11)9-6-4-7(10)5-6/h6-7,10H,2-5H2,1H3,(H,9,11). The molecule has 0 spiro atoms. The second kappa shape index (κ2) is 4.27. The van der Waals surface area contributed by atoms with Crippen molar-refractivity contribution in [3.8, 4) is 0 Å². The number of sulfone groups is 1. The number of carbonyl (C=O) groups excluding carboxylic acids is 1. The van der Waals surface area contributed by atoms with Gasteiger partial charge in [0.15, 0.2) is 0 Å². The molecule has 0 aromatic carbocycles. The molecule has 2 N–H and O–H groups in total. The van der Waals surface area contributed by atoms with Crippen molar-refractivity contribution >= 4 is 15.7 Å². The van der Waals surface area contributed by atoms with E-state index in [0.29, 0.717) is 12.8 Å². The zero-order valence-corrected chi connectivity index (χ0v) is 8.88. The first-order chi connectivity index (χ1) is 6.37. The fourth-order valence-corrected chi connectivity index (χ4v) is 1.84. The molecule has 82 valence electrons. The molecule has 0 saturated heterocycles. The molecular weight excluding hydrogens is 206 g/mol. The predicted octanol–water partition coefficient (Wildman–Crippen LogP) is -0.939. The third-order valence-corrected chi connectivity index (χ3v) is 3.12. The lowest BCUT2D eigenvalue weighted by Crippen LogP contribution is -2.47. The van der Waals surface area contributed by atoms with Gasteiger partial charge in [0.2, 0.25) is 5.91 Å². The van der Waals surface area contributed by atoms with Crippen molar-refractivity contribution in [2.45, 2.75) is 31.4 Å². The van der Waals surface area contributed by atoms with Crippen molar-refractivity contribution in [2.75, 3.05) is 12.0 Å². The highest BCUT2D eigenvalue weighted by Gasteiger charge is 2.28. The molecule has 1 amide bonds. The van der Waals surface area contributed by atoms with Crippen molar-refractivity contribution in [3.05, 3.63) is 0 Å². The SMILES string of the molecule is CS(=O)(=O)CCC(=O)NC1CC(O)C1. The van der Waals surface area contributed by atoms with E-state index in [2.05, 4.69) is 5.32 Å². The quantitative estimate of drug-likeness (QED) is 0.642. The van der Waals surface area contributed by atoms with E-state index in [4.69, 9.17) is 5.11 Å². The molecule has 0 heterocycles. The summed E-state index contributed by atoms with van der Waals surface area (Å²) in [6.07, 6.45) is 1.95. The fraction of sp³-hybridized carbons (Fsp3) is 0.875. The Kier molecular flexibility index (Phi) is 3.49. The van der Waals surface area contributed by atoms with Crippen LogP contribution in [0.3, 0.4) is 0 Å². The minimum Gasteiger partial charge on any atom is -0.393 e. The fourth-order valence-electron chi connectivity index (χ4n) is 1.28.